The summed E-state index contributed by atoms with van der Waals surface area (Å²) in [5.74, 6) is 1.91. The zero-order chi connectivity index (χ0) is 26.9. The minimum Gasteiger partial charge on any atom is -0.481 e. The molecule has 0 unspecified atom stereocenters. The average Bonchev–Trinajstić information content (AvgIpc) is 3.14. The Labute approximate surface area is 218 Å². The van der Waals surface area contributed by atoms with E-state index in [1.165, 1.54) is 6.92 Å². The number of imidazole rings is 1. The minimum atomic E-state index is -0.499. The van der Waals surface area contributed by atoms with Crippen LogP contribution in [0.3, 0.4) is 0 Å². The lowest BCUT2D eigenvalue weighted by Crippen LogP contribution is -2.31. The molecule has 1 N–H and O–H groups in total. The molecule has 9 nitrogen and oxygen atoms in total. The number of aromatic nitrogens is 3. The highest BCUT2D eigenvalue weighted by Crippen LogP contribution is 2.27. The van der Waals surface area contributed by atoms with Gasteiger partial charge in [0, 0.05) is 46.4 Å². The number of anilines is 2. The molecule has 0 spiro atoms. The standard InChI is InChI=1S/C19H22ClN5O.C7H14O3/c1-13-18(21-12-14-10-16(20)22-17(11-14)26-4)23-19(24(2)3)25(13)15-8-6-5-7-9-15;1-6(8)10-7(2,3)5-9-4/h5-11,21H,12H2,1-4H3;5H2,1-4H3. The molecule has 1 aromatic carbocycles. The van der Waals surface area contributed by atoms with Crippen molar-refractivity contribution in [2.24, 2.45) is 0 Å². The van der Waals surface area contributed by atoms with Gasteiger partial charge in [0.15, 0.2) is 0 Å². The summed E-state index contributed by atoms with van der Waals surface area (Å²) in [5, 5.41) is 3.80. The van der Waals surface area contributed by atoms with Crippen molar-refractivity contribution in [1.29, 1.82) is 0 Å². The first-order valence-electron chi connectivity index (χ1n) is 11.4. The zero-order valence-electron chi connectivity index (χ0n) is 22.3. The Morgan fingerprint density at radius 3 is 2.36 bits per heavy atom. The lowest BCUT2D eigenvalue weighted by molar-refractivity contribution is -0.158. The number of nitrogens with zero attached hydrogens (tertiary/aromatic N) is 4. The molecule has 2 heterocycles. The number of ether oxygens (including phenoxy) is 3. The van der Waals surface area contributed by atoms with Crippen molar-refractivity contribution in [2.45, 2.75) is 39.8 Å². The Morgan fingerprint density at radius 2 is 1.81 bits per heavy atom. The normalized spacial score (nSPS) is 10.8. The second kappa shape index (κ2) is 13.1. The predicted molar refractivity (Wildman–Crippen MR) is 143 cm³/mol. The summed E-state index contributed by atoms with van der Waals surface area (Å²) >= 11 is 6.05. The molecule has 0 bridgehead atoms. The van der Waals surface area contributed by atoms with E-state index in [2.05, 4.69) is 33.9 Å². The molecular formula is C26H36ClN5O4. The Morgan fingerprint density at radius 1 is 1.14 bits per heavy atom. The topological polar surface area (TPSA) is 90.7 Å². The predicted octanol–water partition coefficient (Wildman–Crippen LogP) is 4.89. The molecule has 0 fully saturated rings. The van der Waals surface area contributed by atoms with Crippen LogP contribution in [0.1, 0.15) is 32.0 Å². The van der Waals surface area contributed by atoms with E-state index in [9.17, 15) is 4.79 Å². The number of pyridine rings is 1. The Kier molecular flexibility index (Phi) is 10.6. The molecule has 0 amide bonds. The van der Waals surface area contributed by atoms with Crippen LogP contribution in [-0.4, -0.2) is 61.0 Å². The first-order chi connectivity index (χ1) is 17.0. The summed E-state index contributed by atoms with van der Waals surface area (Å²) in [4.78, 5) is 21.3. The summed E-state index contributed by atoms with van der Waals surface area (Å²) in [5.41, 5.74) is 2.58. The maximum Gasteiger partial charge on any atom is 0.303 e. The van der Waals surface area contributed by atoms with Crippen LogP contribution in [0, 0.1) is 6.92 Å². The van der Waals surface area contributed by atoms with Crippen LogP contribution in [0.5, 0.6) is 5.88 Å². The van der Waals surface area contributed by atoms with Crippen molar-refractivity contribution in [3.05, 3.63) is 58.9 Å². The third-order valence-corrected chi connectivity index (χ3v) is 5.11. The lowest BCUT2D eigenvalue weighted by atomic mass is 10.1. The van der Waals surface area contributed by atoms with Gasteiger partial charge in [-0.1, -0.05) is 29.8 Å². The quantitative estimate of drug-likeness (QED) is 0.317. The maximum absolute atomic E-state index is 10.5. The Balaban J connectivity index is 0.000000388. The molecule has 0 saturated carbocycles. The van der Waals surface area contributed by atoms with Crippen LogP contribution in [0.15, 0.2) is 42.5 Å². The van der Waals surface area contributed by atoms with Gasteiger partial charge in [0.05, 0.1) is 19.4 Å². The van der Waals surface area contributed by atoms with E-state index in [-0.39, 0.29) is 5.97 Å². The molecule has 0 aliphatic carbocycles. The minimum absolute atomic E-state index is 0.276. The lowest BCUT2D eigenvalue weighted by Gasteiger charge is -2.22. The molecule has 2 aromatic heterocycles. The van der Waals surface area contributed by atoms with E-state index < -0.39 is 5.60 Å². The number of carbonyl (C=O) groups excluding carboxylic acids is 1. The number of rotatable bonds is 9. The Bertz CT molecular complexity index is 1130. The molecular weight excluding hydrogens is 482 g/mol. The number of nitrogens with one attached hydrogen (secondary N) is 1. The van der Waals surface area contributed by atoms with Gasteiger partial charge >= 0.3 is 5.97 Å². The third kappa shape index (κ3) is 8.42. The molecule has 0 aliphatic heterocycles. The van der Waals surface area contributed by atoms with Gasteiger partial charge in [-0.25, -0.2) is 4.98 Å². The fourth-order valence-corrected chi connectivity index (χ4v) is 3.75. The van der Waals surface area contributed by atoms with Gasteiger partial charge < -0.3 is 24.4 Å². The summed E-state index contributed by atoms with van der Waals surface area (Å²) in [7, 11) is 7.12. The number of halogens is 1. The number of esters is 1. The summed E-state index contributed by atoms with van der Waals surface area (Å²) < 4.78 is 17.0. The van der Waals surface area contributed by atoms with Gasteiger partial charge in [0.25, 0.3) is 0 Å². The zero-order valence-corrected chi connectivity index (χ0v) is 23.0. The largest absolute Gasteiger partial charge is 0.481 e. The van der Waals surface area contributed by atoms with E-state index in [4.69, 9.17) is 30.8 Å². The molecule has 36 heavy (non-hydrogen) atoms. The fraction of sp³-hybridized carbons (Fsp3) is 0.423. The smallest absolute Gasteiger partial charge is 0.303 e. The average molecular weight is 518 g/mol. The van der Waals surface area contributed by atoms with E-state index in [0.717, 1.165) is 28.7 Å². The fourth-order valence-electron chi connectivity index (χ4n) is 3.52. The number of hydrogen-bond donors (Lipinski definition) is 1. The molecule has 0 aliphatic rings. The molecule has 3 aromatic rings. The molecule has 10 heteroatoms. The van der Waals surface area contributed by atoms with Crippen LogP contribution in [0.25, 0.3) is 5.69 Å². The monoisotopic (exact) mass is 517 g/mol. The van der Waals surface area contributed by atoms with Crippen molar-refractivity contribution >= 4 is 29.3 Å². The van der Waals surface area contributed by atoms with Crippen molar-refractivity contribution in [1.82, 2.24) is 14.5 Å². The second-order valence-corrected chi connectivity index (χ2v) is 9.28. The van der Waals surface area contributed by atoms with Gasteiger partial charge in [0.1, 0.15) is 16.6 Å². The first-order valence-corrected chi connectivity index (χ1v) is 11.8. The number of para-hydroxylation sites is 1. The summed E-state index contributed by atoms with van der Waals surface area (Å²) in [6.07, 6.45) is 0. The second-order valence-electron chi connectivity index (χ2n) is 8.89. The Hall–Kier alpha value is -3.30. The summed E-state index contributed by atoms with van der Waals surface area (Å²) in [6.45, 7) is 8.04. The van der Waals surface area contributed by atoms with Crippen LogP contribution < -0.4 is 15.0 Å². The van der Waals surface area contributed by atoms with Crippen LogP contribution in [0.2, 0.25) is 5.15 Å². The number of methoxy groups -OCH3 is 2. The molecule has 0 radical (unpaired) electrons. The highest BCUT2D eigenvalue weighted by Gasteiger charge is 2.20. The molecule has 0 saturated heterocycles. The van der Waals surface area contributed by atoms with E-state index in [1.54, 1.807) is 28.1 Å². The van der Waals surface area contributed by atoms with E-state index >= 15 is 0 Å². The number of carbonyl (C=O) groups is 1. The van der Waals surface area contributed by atoms with Gasteiger partial charge in [0.2, 0.25) is 11.8 Å². The van der Waals surface area contributed by atoms with Gasteiger partial charge in [-0.2, -0.15) is 4.98 Å². The van der Waals surface area contributed by atoms with Gasteiger partial charge in [-0.3, -0.25) is 9.36 Å². The molecule has 0 atom stereocenters. The highest BCUT2D eigenvalue weighted by molar-refractivity contribution is 6.29. The van der Waals surface area contributed by atoms with Crippen molar-refractivity contribution < 1.29 is 19.0 Å². The summed E-state index contributed by atoms with van der Waals surface area (Å²) in [6, 6.07) is 13.9. The van der Waals surface area contributed by atoms with Gasteiger partial charge in [-0.15, -0.1) is 0 Å². The van der Waals surface area contributed by atoms with Crippen molar-refractivity contribution in [2.75, 3.05) is 45.1 Å². The van der Waals surface area contributed by atoms with Crippen LogP contribution in [-0.2, 0) is 20.8 Å². The SMILES string of the molecule is COCC(C)(C)OC(C)=O.COc1cc(CNc2nc(N(C)C)n(-c3ccccc3)c2C)cc(Cl)n1. The highest BCUT2D eigenvalue weighted by atomic mass is 35.5. The van der Waals surface area contributed by atoms with E-state index in [0.29, 0.717) is 24.2 Å². The number of benzene rings is 1. The molecule has 196 valence electrons. The van der Waals surface area contributed by atoms with E-state index in [1.807, 2.05) is 49.3 Å². The third-order valence-electron chi connectivity index (χ3n) is 4.92. The van der Waals surface area contributed by atoms with Crippen LogP contribution in [0.4, 0.5) is 11.8 Å². The van der Waals surface area contributed by atoms with Crippen molar-refractivity contribution in [3.63, 3.8) is 0 Å². The van der Waals surface area contributed by atoms with Crippen LogP contribution >= 0.6 is 11.6 Å². The number of hydrogen-bond acceptors (Lipinski definition) is 8. The first kappa shape index (κ1) is 28.9. The molecule has 3 rings (SSSR count). The van der Waals surface area contributed by atoms with Gasteiger partial charge in [-0.05, 0) is 44.5 Å². The van der Waals surface area contributed by atoms with Crippen molar-refractivity contribution in [3.8, 4) is 11.6 Å². The maximum atomic E-state index is 10.5.